The average molecular weight is 403 g/mol. The highest BCUT2D eigenvalue weighted by molar-refractivity contribution is 6.31. The molecule has 0 saturated carbocycles. The van der Waals surface area contributed by atoms with Crippen LogP contribution in [0.3, 0.4) is 0 Å². The van der Waals surface area contributed by atoms with Crippen LogP contribution in [0.4, 0.5) is 0 Å². The van der Waals surface area contributed by atoms with Crippen LogP contribution >= 0.6 is 11.6 Å². The minimum absolute atomic E-state index is 0. The number of halogens is 2. The number of nitrogens with one attached hydrogen (secondary N) is 1. The molecular weight excluding hydrogens is 381 g/mol. The van der Waals surface area contributed by atoms with E-state index >= 15 is 0 Å². The molecule has 0 aliphatic carbocycles. The van der Waals surface area contributed by atoms with E-state index in [2.05, 4.69) is 29.6 Å². The molecule has 0 radical (unpaired) electrons. The molecule has 3 rings (SSSR count). The molecule has 0 saturated heterocycles. The Morgan fingerprint density at radius 1 is 0.815 bits per heavy atom. The number of hydrogen-bond acceptors (Lipinski definition) is 3. The van der Waals surface area contributed by atoms with Gasteiger partial charge in [-0.2, -0.15) is 0 Å². The van der Waals surface area contributed by atoms with Gasteiger partial charge in [-0.25, -0.2) is 0 Å². The topological polar surface area (TPSA) is 30.5 Å². The zero-order valence-electron chi connectivity index (χ0n) is 15.1. The molecule has 0 unspecified atom stereocenters. The Labute approximate surface area is 171 Å². The molecule has 0 atom stereocenters. The normalized spacial score (nSPS) is 10.1. The van der Waals surface area contributed by atoms with Crippen LogP contribution in [0.1, 0.15) is 16.7 Å². The predicted molar refractivity (Wildman–Crippen MR) is 106 cm³/mol. The van der Waals surface area contributed by atoms with Gasteiger partial charge in [0.1, 0.15) is 18.1 Å². The van der Waals surface area contributed by atoms with Crippen molar-refractivity contribution in [2.45, 2.75) is 19.7 Å². The van der Waals surface area contributed by atoms with Crippen molar-refractivity contribution in [1.82, 2.24) is 5.32 Å². The summed E-state index contributed by atoms with van der Waals surface area (Å²) < 4.78 is 11.1. The summed E-state index contributed by atoms with van der Waals surface area (Å²) in [7, 11) is 1.67. The molecule has 0 aromatic heterocycles. The van der Waals surface area contributed by atoms with E-state index in [0.29, 0.717) is 6.61 Å². The highest BCUT2D eigenvalue weighted by Gasteiger charge is 2.02. The average Bonchev–Trinajstić information content (AvgIpc) is 2.68. The van der Waals surface area contributed by atoms with E-state index in [9.17, 15) is 0 Å². The minimum Gasteiger partial charge on any atom is -1.00 e. The van der Waals surface area contributed by atoms with Crippen LogP contribution in [0.2, 0.25) is 5.02 Å². The fraction of sp³-hybridized carbons (Fsp3) is 0.182. The molecule has 3 aromatic carbocycles. The van der Waals surface area contributed by atoms with E-state index in [4.69, 9.17) is 21.1 Å². The van der Waals surface area contributed by atoms with E-state index in [1.807, 2.05) is 48.5 Å². The van der Waals surface area contributed by atoms with Gasteiger partial charge in [0.05, 0.1) is 7.11 Å². The summed E-state index contributed by atoms with van der Waals surface area (Å²) in [5, 5.41) is 4.17. The second-order valence-corrected chi connectivity index (χ2v) is 6.39. The van der Waals surface area contributed by atoms with Crippen molar-refractivity contribution in [3.63, 3.8) is 0 Å². The Morgan fingerprint density at radius 2 is 1.56 bits per heavy atom. The molecule has 0 amide bonds. The minimum atomic E-state index is 0. The van der Waals surface area contributed by atoms with E-state index < -0.39 is 0 Å². The lowest BCUT2D eigenvalue weighted by Gasteiger charge is -2.10. The third kappa shape index (κ3) is 6.47. The van der Waals surface area contributed by atoms with Crippen molar-refractivity contribution in [2.24, 2.45) is 0 Å². The molecule has 1 N–H and O–H groups in total. The van der Waals surface area contributed by atoms with Crippen molar-refractivity contribution < 1.29 is 21.9 Å². The number of methoxy groups -OCH3 is 1. The lowest BCUT2D eigenvalue weighted by Crippen LogP contribution is -3.00. The number of ether oxygens (including phenoxy) is 2. The molecule has 0 aliphatic rings. The number of benzene rings is 3. The molecule has 3 aromatic rings. The SMILES string of the molecule is COc1ccc(CNCc2cccc(OCc3ccccc3Cl)c2)cc1.[Cl-]. The number of rotatable bonds is 8. The van der Waals surface area contributed by atoms with E-state index in [1.165, 1.54) is 11.1 Å². The number of hydrogen-bond donors (Lipinski definition) is 1. The summed E-state index contributed by atoms with van der Waals surface area (Å²) in [5.74, 6) is 1.71. The lowest BCUT2D eigenvalue weighted by molar-refractivity contribution is -0.00000587. The first-order chi connectivity index (χ1) is 12.7. The van der Waals surface area contributed by atoms with Gasteiger partial charge >= 0.3 is 0 Å². The van der Waals surface area contributed by atoms with Gasteiger partial charge in [0, 0.05) is 23.7 Å². The summed E-state index contributed by atoms with van der Waals surface area (Å²) >= 11 is 6.17. The van der Waals surface area contributed by atoms with Crippen molar-refractivity contribution in [1.29, 1.82) is 0 Å². The van der Waals surface area contributed by atoms with Gasteiger partial charge < -0.3 is 27.2 Å². The van der Waals surface area contributed by atoms with E-state index in [0.717, 1.165) is 35.2 Å². The second-order valence-electron chi connectivity index (χ2n) is 5.98. The van der Waals surface area contributed by atoms with Crippen LogP contribution in [0, 0.1) is 0 Å². The van der Waals surface area contributed by atoms with Gasteiger partial charge in [-0.15, -0.1) is 0 Å². The zero-order chi connectivity index (χ0) is 18.2. The molecule has 0 bridgehead atoms. The van der Waals surface area contributed by atoms with Gasteiger partial charge in [0.15, 0.2) is 0 Å². The summed E-state index contributed by atoms with van der Waals surface area (Å²) in [6.45, 7) is 2.03. The van der Waals surface area contributed by atoms with Crippen LogP contribution in [-0.4, -0.2) is 7.11 Å². The first kappa shape index (κ1) is 21.1. The fourth-order valence-corrected chi connectivity index (χ4v) is 2.81. The Hall–Kier alpha value is -2.20. The fourth-order valence-electron chi connectivity index (χ4n) is 2.62. The summed E-state index contributed by atoms with van der Waals surface area (Å²) in [4.78, 5) is 0. The predicted octanol–water partition coefficient (Wildman–Crippen LogP) is 2.22. The van der Waals surface area contributed by atoms with Gasteiger partial charge in [0.2, 0.25) is 0 Å². The molecule has 0 spiro atoms. The van der Waals surface area contributed by atoms with Crippen molar-refractivity contribution >= 4 is 11.6 Å². The van der Waals surface area contributed by atoms with Crippen LogP contribution in [-0.2, 0) is 19.7 Å². The Kier molecular flexibility index (Phi) is 8.46. The highest BCUT2D eigenvalue weighted by atomic mass is 35.5. The standard InChI is InChI=1S/C22H22ClNO2.ClH/c1-25-20-11-9-17(10-12-20)14-24-15-18-5-4-7-21(13-18)26-16-19-6-2-3-8-22(19)23;/h2-13,24H,14-16H2,1H3;1H/p-1. The summed E-state index contributed by atoms with van der Waals surface area (Å²) in [6.07, 6.45) is 0. The third-order valence-electron chi connectivity index (χ3n) is 4.07. The second kappa shape index (κ2) is 10.8. The zero-order valence-corrected chi connectivity index (χ0v) is 16.6. The third-order valence-corrected chi connectivity index (χ3v) is 4.44. The van der Waals surface area contributed by atoms with Crippen molar-refractivity contribution in [3.05, 3.63) is 94.5 Å². The Morgan fingerprint density at radius 3 is 2.30 bits per heavy atom. The molecule has 0 heterocycles. The Bertz CT molecular complexity index is 838. The lowest BCUT2D eigenvalue weighted by atomic mass is 10.2. The van der Waals surface area contributed by atoms with E-state index in [-0.39, 0.29) is 12.4 Å². The van der Waals surface area contributed by atoms with Gasteiger partial charge in [0.25, 0.3) is 0 Å². The van der Waals surface area contributed by atoms with Crippen molar-refractivity contribution in [3.8, 4) is 11.5 Å². The molecule has 142 valence electrons. The molecule has 0 fully saturated rings. The first-order valence-electron chi connectivity index (χ1n) is 8.53. The molecule has 5 heteroatoms. The maximum Gasteiger partial charge on any atom is 0.120 e. The maximum absolute atomic E-state index is 6.17. The van der Waals surface area contributed by atoms with Gasteiger partial charge in [-0.3, -0.25) is 0 Å². The van der Waals surface area contributed by atoms with Crippen LogP contribution in [0.25, 0.3) is 0 Å². The quantitative estimate of drug-likeness (QED) is 0.626. The maximum atomic E-state index is 6.17. The van der Waals surface area contributed by atoms with Gasteiger partial charge in [-0.1, -0.05) is 54.1 Å². The van der Waals surface area contributed by atoms with Crippen molar-refractivity contribution in [2.75, 3.05) is 7.11 Å². The van der Waals surface area contributed by atoms with Crippen LogP contribution < -0.4 is 27.2 Å². The first-order valence-corrected chi connectivity index (χ1v) is 8.91. The van der Waals surface area contributed by atoms with Crippen LogP contribution in [0.5, 0.6) is 11.5 Å². The summed E-state index contributed by atoms with van der Waals surface area (Å²) in [5.41, 5.74) is 3.38. The largest absolute Gasteiger partial charge is 1.00 e. The monoisotopic (exact) mass is 402 g/mol. The van der Waals surface area contributed by atoms with Crippen LogP contribution in [0.15, 0.2) is 72.8 Å². The van der Waals surface area contributed by atoms with Gasteiger partial charge in [-0.05, 0) is 41.5 Å². The molecule has 27 heavy (non-hydrogen) atoms. The molecular formula is C22H22Cl2NO2-. The smallest absolute Gasteiger partial charge is 0.120 e. The molecule has 3 nitrogen and oxygen atoms in total. The highest BCUT2D eigenvalue weighted by Crippen LogP contribution is 2.19. The molecule has 0 aliphatic heterocycles. The Balaban J connectivity index is 0.00000261. The van der Waals surface area contributed by atoms with E-state index in [1.54, 1.807) is 7.11 Å². The summed E-state index contributed by atoms with van der Waals surface area (Å²) in [6, 6.07) is 23.9.